The van der Waals surface area contributed by atoms with Crippen LogP contribution in [0.4, 0.5) is 0 Å². The highest BCUT2D eigenvalue weighted by molar-refractivity contribution is 5.35. The van der Waals surface area contributed by atoms with Gasteiger partial charge in [-0.05, 0) is 12.3 Å². The molecule has 0 atom stereocenters. The molecule has 0 spiro atoms. The summed E-state index contributed by atoms with van der Waals surface area (Å²) in [4.78, 5) is 0. The molecule has 86 valence electrons. The van der Waals surface area contributed by atoms with Gasteiger partial charge in [0.2, 0.25) is 5.88 Å². The fourth-order valence-corrected chi connectivity index (χ4v) is 1.76. The number of aromatic nitrogens is 2. The Bertz CT molecular complexity index is 345. The quantitative estimate of drug-likeness (QED) is 0.815. The lowest BCUT2D eigenvalue weighted by atomic mass is 9.87. The van der Waals surface area contributed by atoms with Crippen molar-refractivity contribution in [2.45, 2.75) is 46.5 Å². The van der Waals surface area contributed by atoms with Gasteiger partial charge in [0.15, 0.2) is 0 Å². The molecular formula is C12H22N2O. The summed E-state index contributed by atoms with van der Waals surface area (Å²) in [5.74, 6) is 0.842. The molecular weight excluding hydrogens is 188 g/mol. The second-order valence-corrected chi connectivity index (χ2v) is 5.62. The third-order valence-corrected chi connectivity index (χ3v) is 2.44. The van der Waals surface area contributed by atoms with Crippen LogP contribution in [0.3, 0.4) is 0 Å². The third kappa shape index (κ3) is 2.52. The van der Waals surface area contributed by atoms with E-state index in [0.717, 1.165) is 17.7 Å². The van der Waals surface area contributed by atoms with E-state index in [1.54, 1.807) is 11.7 Å². The van der Waals surface area contributed by atoms with Crippen LogP contribution in [0.15, 0.2) is 0 Å². The summed E-state index contributed by atoms with van der Waals surface area (Å²) >= 11 is 0. The van der Waals surface area contributed by atoms with E-state index in [2.05, 4.69) is 39.7 Å². The van der Waals surface area contributed by atoms with E-state index in [1.807, 2.05) is 0 Å². The molecule has 0 aliphatic rings. The van der Waals surface area contributed by atoms with Crippen molar-refractivity contribution in [2.75, 3.05) is 0 Å². The highest BCUT2D eigenvalue weighted by Crippen LogP contribution is 2.31. The van der Waals surface area contributed by atoms with E-state index in [0.29, 0.717) is 11.8 Å². The minimum Gasteiger partial charge on any atom is -0.493 e. The first-order chi connectivity index (χ1) is 6.73. The molecule has 0 aromatic carbocycles. The van der Waals surface area contributed by atoms with Gasteiger partial charge in [-0.2, -0.15) is 5.10 Å². The van der Waals surface area contributed by atoms with Gasteiger partial charge >= 0.3 is 0 Å². The van der Waals surface area contributed by atoms with E-state index in [4.69, 9.17) is 0 Å². The highest BCUT2D eigenvalue weighted by Gasteiger charge is 2.25. The van der Waals surface area contributed by atoms with Crippen molar-refractivity contribution in [3.05, 3.63) is 11.3 Å². The monoisotopic (exact) mass is 210 g/mol. The van der Waals surface area contributed by atoms with Gasteiger partial charge in [0.25, 0.3) is 0 Å². The Morgan fingerprint density at radius 2 is 1.87 bits per heavy atom. The molecule has 1 heterocycles. The highest BCUT2D eigenvalue weighted by atomic mass is 16.3. The minimum absolute atomic E-state index is 0.0109. The summed E-state index contributed by atoms with van der Waals surface area (Å²) in [5, 5.41) is 14.3. The summed E-state index contributed by atoms with van der Waals surface area (Å²) in [6.45, 7) is 10.7. The van der Waals surface area contributed by atoms with Gasteiger partial charge in [0, 0.05) is 18.0 Å². The lowest BCUT2D eigenvalue weighted by Crippen LogP contribution is -2.15. The molecule has 3 heteroatoms. The van der Waals surface area contributed by atoms with E-state index in [9.17, 15) is 5.11 Å². The summed E-state index contributed by atoms with van der Waals surface area (Å²) in [7, 11) is 1.79. The van der Waals surface area contributed by atoms with Crippen LogP contribution in [-0.2, 0) is 18.9 Å². The third-order valence-electron chi connectivity index (χ3n) is 2.44. The zero-order chi connectivity index (χ0) is 11.8. The molecule has 0 aliphatic carbocycles. The van der Waals surface area contributed by atoms with Gasteiger partial charge in [-0.15, -0.1) is 0 Å². The maximum Gasteiger partial charge on any atom is 0.212 e. The number of rotatable bonds is 2. The molecule has 0 bridgehead atoms. The number of nitrogens with zero attached hydrogens (tertiary/aromatic N) is 2. The van der Waals surface area contributed by atoms with Crippen LogP contribution >= 0.6 is 0 Å². The van der Waals surface area contributed by atoms with Crippen LogP contribution in [0.2, 0.25) is 0 Å². The van der Waals surface area contributed by atoms with E-state index < -0.39 is 0 Å². The SMILES string of the molecule is CC(C)Cc1c(C(C)(C)C)nn(C)c1O. The molecule has 0 saturated heterocycles. The second kappa shape index (κ2) is 3.87. The first-order valence-electron chi connectivity index (χ1n) is 5.48. The number of aromatic hydroxyl groups is 1. The minimum atomic E-state index is -0.0109. The average Bonchev–Trinajstić information content (AvgIpc) is 2.30. The standard InChI is InChI=1S/C12H22N2O/c1-8(2)7-9-10(12(3,4)5)13-14(6)11(9)15/h8,15H,7H2,1-6H3. The Balaban J connectivity index is 3.21. The molecule has 1 aromatic heterocycles. The van der Waals surface area contributed by atoms with Crippen molar-refractivity contribution in [2.24, 2.45) is 13.0 Å². The largest absolute Gasteiger partial charge is 0.493 e. The topological polar surface area (TPSA) is 38.0 Å². The molecule has 0 radical (unpaired) electrons. The van der Waals surface area contributed by atoms with Gasteiger partial charge in [-0.25, -0.2) is 4.68 Å². The first kappa shape index (κ1) is 12.1. The van der Waals surface area contributed by atoms with Crippen LogP contribution in [0, 0.1) is 5.92 Å². The van der Waals surface area contributed by atoms with Crippen molar-refractivity contribution in [1.82, 2.24) is 9.78 Å². The first-order valence-corrected chi connectivity index (χ1v) is 5.48. The van der Waals surface area contributed by atoms with E-state index in [1.165, 1.54) is 0 Å². The van der Waals surface area contributed by atoms with Crippen LogP contribution in [0.5, 0.6) is 5.88 Å². The predicted molar refractivity (Wildman–Crippen MR) is 62.1 cm³/mol. The van der Waals surface area contributed by atoms with E-state index in [-0.39, 0.29) is 5.41 Å². The average molecular weight is 210 g/mol. The lowest BCUT2D eigenvalue weighted by molar-refractivity contribution is 0.411. The van der Waals surface area contributed by atoms with E-state index >= 15 is 0 Å². The number of aryl methyl sites for hydroxylation is 1. The van der Waals surface area contributed by atoms with Gasteiger partial charge in [-0.3, -0.25) is 0 Å². The normalized spacial score (nSPS) is 12.5. The second-order valence-electron chi connectivity index (χ2n) is 5.62. The van der Waals surface area contributed by atoms with Crippen molar-refractivity contribution in [3.63, 3.8) is 0 Å². The zero-order valence-electron chi connectivity index (χ0n) is 10.6. The smallest absolute Gasteiger partial charge is 0.212 e. The number of hydrogen-bond donors (Lipinski definition) is 1. The van der Waals surface area contributed by atoms with Gasteiger partial charge in [-0.1, -0.05) is 34.6 Å². The van der Waals surface area contributed by atoms with Crippen LogP contribution in [-0.4, -0.2) is 14.9 Å². The summed E-state index contributed by atoms with van der Waals surface area (Å²) in [6, 6.07) is 0. The molecule has 0 amide bonds. The maximum atomic E-state index is 9.93. The molecule has 0 aliphatic heterocycles. The predicted octanol–water partition coefficient (Wildman–Crippen LogP) is 2.62. The summed E-state index contributed by atoms with van der Waals surface area (Å²) in [6.07, 6.45) is 0.881. The van der Waals surface area contributed by atoms with Crippen molar-refractivity contribution in [3.8, 4) is 5.88 Å². The van der Waals surface area contributed by atoms with Crippen LogP contribution < -0.4 is 0 Å². The molecule has 1 rings (SSSR count). The molecule has 3 nitrogen and oxygen atoms in total. The van der Waals surface area contributed by atoms with Gasteiger partial charge < -0.3 is 5.11 Å². The molecule has 15 heavy (non-hydrogen) atoms. The van der Waals surface area contributed by atoms with Gasteiger partial charge in [0.1, 0.15) is 0 Å². The molecule has 0 unspecified atom stereocenters. The fourth-order valence-electron chi connectivity index (χ4n) is 1.76. The van der Waals surface area contributed by atoms with Gasteiger partial charge in [0.05, 0.1) is 5.69 Å². The van der Waals surface area contributed by atoms with Crippen LogP contribution in [0.1, 0.15) is 45.9 Å². The van der Waals surface area contributed by atoms with Crippen molar-refractivity contribution >= 4 is 0 Å². The zero-order valence-corrected chi connectivity index (χ0v) is 10.6. The Kier molecular flexibility index (Phi) is 3.12. The Labute approximate surface area is 92.1 Å². The fraction of sp³-hybridized carbons (Fsp3) is 0.750. The Hall–Kier alpha value is -0.990. The number of hydrogen-bond acceptors (Lipinski definition) is 2. The summed E-state index contributed by atoms with van der Waals surface area (Å²) < 4.78 is 1.57. The molecule has 1 N–H and O–H groups in total. The molecule has 0 saturated carbocycles. The van der Waals surface area contributed by atoms with Crippen LogP contribution in [0.25, 0.3) is 0 Å². The Morgan fingerprint density at radius 1 is 1.33 bits per heavy atom. The molecule has 1 aromatic rings. The van der Waals surface area contributed by atoms with Crippen molar-refractivity contribution in [1.29, 1.82) is 0 Å². The maximum absolute atomic E-state index is 9.93. The summed E-state index contributed by atoms with van der Waals surface area (Å²) in [5.41, 5.74) is 2.00. The lowest BCUT2D eigenvalue weighted by Gasteiger charge is -2.18. The molecule has 0 fully saturated rings. The van der Waals surface area contributed by atoms with Crippen molar-refractivity contribution < 1.29 is 5.11 Å². The Morgan fingerprint density at radius 3 is 2.27 bits per heavy atom.